The Morgan fingerprint density at radius 2 is 0.522 bits per heavy atom. The van der Waals surface area contributed by atoms with Crippen LogP contribution in [0.15, 0.2) is 0 Å². The minimum Gasteiger partial charge on any atom is -0.466 e. The summed E-state index contributed by atoms with van der Waals surface area (Å²) in [5, 5.41) is 0. The molecule has 1 unspecified atom stereocenters. The number of ether oxygens (including phenoxy) is 1. The van der Waals surface area contributed by atoms with Gasteiger partial charge in [0.05, 0.1) is 12.0 Å². The third-order valence-electron chi connectivity index (χ3n) is 17.9. The smallest absolute Gasteiger partial charge is 0.312 e. The predicted molar refractivity (Wildman–Crippen MR) is 313 cm³/mol. The van der Waals surface area contributed by atoms with Gasteiger partial charge >= 0.3 is 5.97 Å². The first-order valence-corrected chi connectivity index (χ1v) is 33.0. The van der Waals surface area contributed by atoms with E-state index in [0.717, 1.165) is 25.2 Å². The zero-order valence-electron chi connectivity index (χ0n) is 49.9. The van der Waals surface area contributed by atoms with Gasteiger partial charge in [0.2, 0.25) is 0 Å². The Hall–Kier alpha value is -0.530. The minimum atomic E-state index is -0.293. The summed E-state index contributed by atoms with van der Waals surface area (Å²) < 4.78 is 6.12. The zero-order valence-corrected chi connectivity index (χ0v) is 49.9. The molecule has 0 rings (SSSR count). The third-order valence-corrected chi connectivity index (χ3v) is 17.9. The average molecular weight is 972 g/mol. The Kier molecular flexibility index (Phi) is 49.3. The lowest BCUT2D eigenvalue weighted by molar-refractivity contribution is -0.157. The molecule has 0 aromatic rings. The zero-order chi connectivity index (χ0) is 50.8. The molecule has 0 bridgehead atoms. The largest absolute Gasteiger partial charge is 0.466 e. The van der Waals surface area contributed by atoms with Gasteiger partial charge in [0.1, 0.15) is 0 Å². The summed E-state index contributed by atoms with van der Waals surface area (Å²) in [5.41, 5.74) is 0.582. The molecular weight excluding hydrogens is 837 g/mol. The fraction of sp³-hybridized carbons (Fsp3) is 0.985. The van der Waals surface area contributed by atoms with Crippen LogP contribution in [0.1, 0.15) is 396 Å². The molecule has 0 aliphatic heterocycles. The average Bonchev–Trinajstić information content (AvgIpc) is 3.35. The molecule has 0 radical (unpaired) electrons. The molecule has 69 heavy (non-hydrogen) atoms. The van der Waals surface area contributed by atoms with Crippen LogP contribution >= 0.6 is 0 Å². The Morgan fingerprint density at radius 3 is 0.812 bits per heavy atom. The second kappa shape index (κ2) is 49.7. The monoisotopic (exact) mass is 971 g/mol. The summed E-state index contributed by atoms with van der Waals surface area (Å²) in [6, 6.07) is 0. The van der Waals surface area contributed by atoms with Gasteiger partial charge < -0.3 is 4.74 Å². The van der Waals surface area contributed by atoms with E-state index in [1.807, 2.05) is 6.92 Å². The highest BCUT2D eigenvalue weighted by Crippen LogP contribution is 2.62. The maximum atomic E-state index is 14.4. The van der Waals surface area contributed by atoms with Crippen LogP contribution in [-0.2, 0) is 9.53 Å². The molecule has 0 aromatic heterocycles. The number of carbonyl (C=O) groups excluding carboxylic acids is 1. The van der Waals surface area contributed by atoms with Crippen molar-refractivity contribution in [3.63, 3.8) is 0 Å². The maximum absolute atomic E-state index is 14.4. The standard InChI is InChI=1S/C67H134O2/c1-10-19-27-35-43-53-63(54-44-52-57-65(64(68)69-18-9,55-45-36-28-20-11-2)56-46-37-29-21-12-3)67(61-50-41-33-25-16-7,62-51-42-34-26-17-8)66(58-47-38-30-22-13-4,59-48-39-31-23-14-5)60-49-40-32-24-15-6/h63H,10-62H2,1-9H3. The molecule has 0 spiro atoms. The van der Waals surface area contributed by atoms with E-state index in [4.69, 9.17) is 4.74 Å². The molecule has 0 saturated heterocycles. The summed E-state index contributed by atoms with van der Waals surface area (Å²) in [6.07, 6.45) is 71.0. The third kappa shape index (κ3) is 32.4. The molecule has 414 valence electrons. The van der Waals surface area contributed by atoms with E-state index in [1.54, 1.807) is 0 Å². The topological polar surface area (TPSA) is 26.3 Å². The van der Waals surface area contributed by atoms with Crippen molar-refractivity contribution in [2.75, 3.05) is 6.61 Å². The Morgan fingerprint density at radius 1 is 0.290 bits per heavy atom. The van der Waals surface area contributed by atoms with Crippen molar-refractivity contribution < 1.29 is 9.53 Å². The number of rotatable bonds is 57. The van der Waals surface area contributed by atoms with E-state index < -0.39 is 0 Å². The van der Waals surface area contributed by atoms with Gasteiger partial charge in [-0.1, -0.05) is 325 Å². The van der Waals surface area contributed by atoms with E-state index in [2.05, 4.69) is 55.4 Å². The van der Waals surface area contributed by atoms with Crippen molar-refractivity contribution in [1.82, 2.24) is 0 Å². The summed E-state index contributed by atoms with van der Waals surface area (Å²) in [4.78, 5) is 14.4. The van der Waals surface area contributed by atoms with Crippen molar-refractivity contribution in [3.8, 4) is 0 Å². The molecule has 0 saturated carbocycles. The van der Waals surface area contributed by atoms with Gasteiger partial charge in [-0.25, -0.2) is 0 Å². The van der Waals surface area contributed by atoms with E-state index >= 15 is 0 Å². The molecule has 0 amide bonds. The Bertz CT molecular complexity index is 966. The van der Waals surface area contributed by atoms with Crippen molar-refractivity contribution in [1.29, 1.82) is 0 Å². The lowest BCUT2D eigenvalue weighted by Crippen LogP contribution is -2.48. The molecule has 0 aliphatic carbocycles. The predicted octanol–water partition coefficient (Wildman–Crippen LogP) is 24.6. The number of carbonyl (C=O) groups is 1. The summed E-state index contributed by atoms with van der Waals surface area (Å²) in [7, 11) is 0. The highest BCUT2D eigenvalue weighted by Gasteiger charge is 2.52. The number of hydrogen-bond acceptors (Lipinski definition) is 2. The molecule has 0 heterocycles. The van der Waals surface area contributed by atoms with Gasteiger partial charge in [0, 0.05) is 0 Å². The summed E-state index contributed by atoms with van der Waals surface area (Å²) in [6.45, 7) is 21.6. The van der Waals surface area contributed by atoms with Crippen LogP contribution in [0.5, 0.6) is 0 Å². The van der Waals surface area contributed by atoms with E-state index in [0.29, 0.717) is 17.4 Å². The van der Waals surface area contributed by atoms with Gasteiger partial charge in [-0.15, -0.1) is 0 Å². The molecule has 0 aromatic carbocycles. The highest BCUT2D eigenvalue weighted by molar-refractivity contribution is 5.76. The fourth-order valence-electron chi connectivity index (χ4n) is 13.6. The fourth-order valence-corrected chi connectivity index (χ4v) is 13.6. The van der Waals surface area contributed by atoms with Gasteiger partial charge in [0.15, 0.2) is 0 Å². The number of unbranched alkanes of at least 4 members (excludes halogenated alkanes) is 33. The molecule has 2 heteroatoms. The quantitative estimate of drug-likeness (QED) is 0.0448. The second-order valence-electron chi connectivity index (χ2n) is 23.7. The number of esters is 1. The van der Waals surface area contributed by atoms with Crippen LogP contribution in [0, 0.1) is 22.2 Å². The van der Waals surface area contributed by atoms with E-state index in [1.165, 1.54) is 315 Å². The normalized spacial score (nSPS) is 12.9. The first kappa shape index (κ1) is 68.5. The van der Waals surface area contributed by atoms with Crippen LogP contribution in [0.4, 0.5) is 0 Å². The van der Waals surface area contributed by atoms with E-state index in [-0.39, 0.29) is 11.4 Å². The van der Waals surface area contributed by atoms with Gasteiger partial charge in [-0.2, -0.15) is 0 Å². The lowest BCUT2D eigenvalue weighted by Gasteiger charge is -2.57. The first-order chi connectivity index (χ1) is 33.8. The van der Waals surface area contributed by atoms with Crippen molar-refractivity contribution >= 4 is 5.97 Å². The van der Waals surface area contributed by atoms with Gasteiger partial charge in [0.25, 0.3) is 0 Å². The Balaban J connectivity index is 7.76. The molecule has 0 fully saturated rings. The molecule has 1 atom stereocenters. The molecule has 0 N–H and O–H groups in total. The van der Waals surface area contributed by atoms with Crippen LogP contribution in [0.3, 0.4) is 0 Å². The SMILES string of the molecule is CCCCCCCC(CCCCC(CCCCCCC)(CCCCCCC)C(=O)OCC)C(CCCCCCC)(CCCCCCC)C(CCCCCCC)(CCCCCCC)CCCCCCC. The van der Waals surface area contributed by atoms with Crippen LogP contribution in [0.2, 0.25) is 0 Å². The highest BCUT2D eigenvalue weighted by atomic mass is 16.5. The first-order valence-electron chi connectivity index (χ1n) is 33.0. The van der Waals surface area contributed by atoms with Gasteiger partial charge in [-0.3, -0.25) is 4.79 Å². The summed E-state index contributed by atoms with van der Waals surface area (Å²) in [5.74, 6) is 0.962. The van der Waals surface area contributed by atoms with Gasteiger partial charge in [-0.05, 0) is 87.9 Å². The molecular formula is C67H134O2. The van der Waals surface area contributed by atoms with Crippen LogP contribution < -0.4 is 0 Å². The Labute approximate surface area is 438 Å². The van der Waals surface area contributed by atoms with Crippen LogP contribution in [0.25, 0.3) is 0 Å². The maximum Gasteiger partial charge on any atom is 0.312 e. The second-order valence-corrected chi connectivity index (χ2v) is 23.7. The van der Waals surface area contributed by atoms with Crippen molar-refractivity contribution in [2.24, 2.45) is 22.2 Å². The van der Waals surface area contributed by atoms with Crippen molar-refractivity contribution in [3.05, 3.63) is 0 Å². The molecule has 2 nitrogen and oxygen atoms in total. The van der Waals surface area contributed by atoms with Crippen LogP contribution in [-0.4, -0.2) is 12.6 Å². The minimum absolute atomic E-state index is 0.158. The molecule has 0 aliphatic rings. The summed E-state index contributed by atoms with van der Waals surface area (Å²) >= 11 is 0. The number of hydrogen-bond donors (Lipinski definition) is 0. The van der Waals surface area contributed by atoms with E-state index in [9.17, 15) is 4.79 Å². The lowest BCUT2D eigenvalue weighted by atomic mass is 9.47. The van der Waals surface area contributed by atoms with Crippen molar-refractivity contribution in [2.45, 2.75) is 396 Å².